The van der Waals surface area contributed by atoms with Crippen molar-refractivity contribution in [3.63, 3.8) is 0 Å². The summed E-state index contributed by atoms with van der Waals surface area (Å²) in [6.45, 7) is 15.6. The first-order valence-corrected chi connectivity index (χ1v) is 15.5. The third-order valence-corrected chi connectivity index (χ3v) is 8.60. The molecule has 1 N–H and O–H groups in total. The number of aromatic nitrogens is 1. The average Bonchev–Trinajstić information content (AvgIpc) is 2.95. The number of carbonyl (C=O) groups is 2. The number of carbonyl (C=O) groups excluding carboxylic acids is 1. The number of hydrogen-bond acceptors (Lipinski definition) is 6. The van der Waals surface area contributed by atoms with Gasteiger partial charge in [-0.05, 0) is 87.8 Å². The van der Waals surface area contributed by atoms with Gasteiger partial charge in [0.1, 0.15) is 18.2 Å². The van der Waals surface area contributed by atoms with E-state index in [1.165, 1.54) is 18.2 Å². The largest absolute Gasteiger partial charge is 0.488 e. The van der Waals surface area contributed by atoms with Gasteiger partial charge in [-0.15, -0.1) is 0 Å². The van der Waals surface area contributed by atoms with Crippen LogP contribution in [0.4, 0.5) is 10.1 Å². The van der Waals surface area contributed by atoms with E-state index in [0.29, 0.717) is 17.0 Å². The number of benzene rings is 2. The number of carboxylic acid groups (broad SMARTS) is 1. The van der Waals surface area contributed by atoms with Gasteiger partial charge in [-0.2, -0.15) is 0 Å². The Morgan fingerprint density at radius 2 is 1.73 bits per heavy atom. The van der Waals surface area contributed by atoms with Crippen molar-refractivity contribution in [2.24, 2.45) is 5.41 Å². The topological polar surface area (TPSA) is 89.0 Å². The van der Waals surface area contributed by atoms with Gasteiger partial charge in [-0.25, -0.2) is 9.18 Å². The van der Waals surface area contributed by atoms with Gasteiger partial charge in [0.05, 0.1) is 11.3 Å². The molecule has 0 bridgehead atoms. The number of allylic oxidation sites excluding steroid dienone is 1. The summed E-state index contributed by atoms with van der Waals surface area (Å²) in [5.41, 5.74) is 6.39. The molecule has 3 aromatic rings. The molecule has 0 spiro atoms. The molecule has 7 nitrogen and oxygen atoms in total. The van der Waals surface area contributed by atoms with Crippen molar-refractivity contribution < 1.29 is 28.6 Å². The lowest BCUT2D eigenvalue weighted by molar-refractivity contribution is -0.160. The predicted molar refractivity (Wildman–Crippen MR) is 173 cm³/mol. The maximum atomic E-state index is 13.5. The van der Waals surface area contributed by atoms with Crippen molar-refractivity contribution in [3.8, 4) is 11.1 Å². The Labute approximate surface area is 265 Å². The number of hydrogen-bond donors (Lipinski definition) is 1. The lowest BCUT2D eigenvalue weighted by atomic mass is 9.81. The smallest absolute Gasteiger partial charge is 0.337 e. The van der Waals surface area contributed by atoms with Crippen LogP contribution in [0.1, 0.15) is 87.2 Å². The number of piperidine rings is 1. The number of halogens is 1. The molecule has 0 saturated carbocycles. The fourth-order valence-electron chi connectivity index (χ4n) is 6.19. The number of fused-ring (bicyclic) bond motifs is 1. The van der Waals surface area contributed by atoms with Gasteiger partial charge in [0.2, 0.25) is 0 Å². The van der Waals surface area contributed by atoms with E-state index in [9.17, 15) is 19.1 Å². The predicted octanol–water partition coefficient (Wildman–Crippen LogP) is 7.75. The molecule has 1 saturated heterocycles. The number of anilines is 1. The van der Waals surface area contributed by atoms with Gasteiger partial charge in [-0.1, -0.05) is 38.1 Å². The summed E-state index contributed by atoms with van der Waals surface area (Å²) in [6, 6.07) is 12.0. The second-order valence-electron chi connectivity index (χ2n) is 14.0. The number of ketones is 1. The molecule has 1 aliphatic carbocycles. The van der Waals surface area contributed by atoms with E-state index >= 15 is 0 Å². The van der Waals surface area contributed by atoms with Gasteiger partial charge < -0.3 is 19.5 Å². The maximum Gasteiger partial charge on any atom is 0.337 e. The van der Waals surface area contributed by atoms with Gasteiger partial charge >= 0.3 is 5.97 Å². The van der Waals surface area contributed by atoms with Crippen LogP contribution in [-0.4, -0.2) is 40.5 Å². The summed E-state index contributed by atoms with van der Waals surface area (Å²) >= 11 is 0. The number of carboxylic acids is 1. The van der Waals surface area contributed by atoms with E-state index in [4.69, 9.17) is 14.5 Å². The van der Waals surface area contributed by atoms with E-state index in [1.54, 1.807) is 12.1 Å². The minimum atomic E-state index is -1.22. The van der Waals surface area contributed by atoms with E-state index in [0.717, 1.165) is 65.1 Å². The normalized spacial score (nSPS) is 17.0. The highest BCUT2D eigenvalue weighted by molar-refractivity contribution is 6.01. The highest BCUT2D eigenvalue weighted by Gasteiger charge is 2.36. The summed E-state index contributed by atoms with van der Waals surface area (Å²) < 4.78 is 25.8. The third-order valence-electron chi connectivity index (χ3n) is 8.60. The molecule has 2 heterocycles. The molecule has 238 valence electrons. The van der Waals surface area contributed by atoms with E-state index < -0.39 is 17.7 Å². The Morgan fingerprint density at radius 3 is 2.36 bits per heavy atom. The van der Waals surface area contributed by atoms with Crippen molar-refractivity contribution in [1.82, 2.24) is 4.98 Å². The zero-order chi connectivity index (χ0) is 32.7. The summed E-state index contributed by atoms with van der Waals surface area (Å²) in [7, 11) is 0. The molecule has 45 heavy (non-hydrogen) atoms. The highest BCUT2D eigenvalue weighted by Crippen LogP contribution is 2.45. The fraction of sp³-hybridized carbons (Fsp3) is 0.432. The van der Waals surface area contributed by atoms with Gasteiger partial charge in [0, 0.05) is 53.7 Å². The van der Waals surface area contributed by atoms with Crippen LogP contribution in [0.15, 0.2) is 48.5 Å². The van der Waals surface area contributed by atoms with Gasteiger partial charge in [0.25, 0.3) is 0 Å². The standard InChI is InChI=1S/C37H43FN2O5/c1-22-31(26-11-10-25-18-28(41)20-30(29(25)19-26)44-21-24-8-12-27(38)13-9-24)33(40-16-14-37(6,7)15-17-40)32(23(2)39-22)34(35(42)43)45-36(3,4)5/h8-13,19-20,34H,14-18,21H2,1-7H3,(H,42,43)/t34-/m0/s1. The van der Waals surface area contributed by atoms with Crippen LogP contribution in [0.25, 0.3) is 16.9 Å². The Hall–Kier alpha value is -4.04. The number of ether oxygens (including phenoxy) is 2. The fourth-order valence-corrected chi connectivity index (χ4v) is 6.19. The highest BCUT2D eigenvalue weighted by atomic mass is 19.1. The minimum absolute atomic E-state index is 0.0555. The van der Waals surface area contributed by atoms with Crippen molar-refractivity contribution in [1.29, 1.82) is 0 Å². The quantitative estimate of drug-likeness (QED) is 0.277. The Morgan fingerprint density at radius 1 is 1.07 bits per heavy atom. The van der Waals surface area contributed by atoms with Crippen LogP contribution in [0, 0.1) is 25.1 Å². The molecular weight excluding hydrogens is 571 g/mol. The zero-order valence-electron chi connectivity index (χ0n) is 27.3. The van der Waals surface area contributed by atoms with E-state index in [-0.39, 0.29) is 30.0 Å². The lowest BCUT2D eigenvalue weighted by Crippen LogP contribution is -2.39. The molecule has 2 aromatic carbocycles. The molecule has 1 atom stereocenters. The molecule has 1 aliphatic heterocycles. The Bertz CT molecular complexity index is 1640. The molecule has 1 fully saturated rings. The van der Waals surface area contributed by atoms with Crippen LogP contribution in [-0.2, 0) is 32.1 Å². The second kappa shape index (κ2) is 12.4. The number of aryl methyl sites for hydroxylation is 2. The second-order valence-corrected chi connectivity index (χ2v) is 14.0. The first-order valence-electron chi connectivity index (χ1n) is 15.5. The Balaban J connectivity index is 1.65. The molecule has 0 radical (unpaired) electrons. The molecule has 0 unspecified atom stereocenters. The first kappa shape index (κ1) is 32.4. The molecule has 5 rings (SSSR count). The SMILES string of the molecule is Cc1nc(C)c([C@H](OC(C)(C)C)C(=O)O)c(N2CCC(C)(C)CC2)c1-c1ccc2c(c1)C(OCc1ccc(F)cc1)=CC(=O)C2. The monoisotopic (exact) mass is 614 g/mol. The summed E-state index contributed by atoms with van der Waals surface area (Å²) in [5.74, 6) is -0.994. The van der Waals surface area contributed by atoms with Crippen molar-refractivity contribution in [2.75, 3.05) is 18.0 Å². The van der Waals surface area contributed by atoms with Crippen molar-refractivity contribution in [2.45, 2.75) is 86.0 Å². The zero-order valence-corrected chi connectivity index (χ0v) is 27.3. The number of rotatable bonds is 8. The Kier molecular flexibility index (Phi) is 8.91. The average molecular weight is 615 g/mol. The molecule has 2 aliphatic rings. The lowest BCUT2D eigenvalue weighted by Gasteiger charge is -2.41. The minimum Gasteiger partial charge on any atom is -0.488 e. The van der Waals surface area contributed by atoms with Gasteiger partial charge in [0.15, 0.2) is 11.9 Å². The van der Waals surface area contributed by atoms with Crippen molar-refractivity contribution in [3.05, 3.63) is 88.0 Å². The van der Waals surface area contributed by atoms with Crippen LogP contribution in [0.5, 0.6) is 0 Å². The molecule has 1 aromatic heterocycles. The molecular formula is C37H43FN2O5. The van der Waals surface area contributed by atoms with Crippen LogP contribution >= 0.6 is 0 Å². The summed E-state index contributed by atoms with van der Waals surface area (Å²) in [5, 5.41) is 10.5. The van der Waals surface area contributed by atoms with E-state index in [2.05, 4.69) is 18.7 Å². The molecule has 8 heteroatoms. The summed E-state index contributed by atoms with van der Waals surface area (Å²) in [6.07, 6.45) is 2.48. The van der Waals surface area contributed by atoms with Crippen molar-refractivity contribution >= 4 is 23.2 Å². The number of aliphatic carboxylic acids is 1. The first-order chi connectivity index (χ1) is 21.1. The van der Waals surface area contributed by atoms with E-state index in [1.807, 2.05) is 52.8 Å². The number of pyridine rings is 1. The van der Waals surface area contributed by atoms with Crippen LogP contribution in [0.2, 0.25) is 0 Å². The maximum absolute atomic E-state index is 13.5. The summed E-state index contributed by atoms with van der Waals surface area (Å²) in [4.78, 5) is 32.7. The molecule has 0 amide bonds. The third kappa shape index (κ3) is 7.28. The number of nitrogens with zero attached hydrogens (tertiary/aromatic N) is 2. The van der Waals surface area contributed by atoms with Crippen LogP contribution in [0.3, 0.4) is 0 Å². The van der Waals surface area contributed by atoms with Gasteiger partial charge in [-0.3, -0.25) is 9.78 Å². The van der Waals surface area contributed by atoms with Crippen LogP contribution < -0.4 is 4.90 Å².